The molecule has 0 bridgehead atoms. The number of nitrogens with one attached hydrogen (secondary N) is 1. The van der Waals surface area contributed by atoms with Crippen molar-refractivity contribution in [3.63, 3.8) is 0 Å². The van der Waals surface area contributed by atoms with Crippen LogP contribution in [0.2, 0.25) is 0 Å². The third-order valence-electron chi connectivity index (χ3n) is 2.42. The molecular formula is C12H18N2O3S. The van der Waals surface area contributed by atoms with E-state index in [1.807, 2.05) is 0 Å². The van der Waals surface area contributed by atoms with Crippen molar-refractivity contribution in [1.82, 2.24) is 0 Å². The van der Waals surface area contributed by atoms with Crippen molar-refractivity contribution < 1.29 is 10.0 Å². The molecule has 0 heterocycles. The molecule has 0 saturated heterocycles. The van der Waals surface area contributed by atoms with Crippen molar-refractivity contribution in [2.24, 2.45) is 0 Å². The van der Waals surface area contributed by atoms with Gasteiger partial charge in [-0.2, -0.15) is 11.8 Å². The summed E-state index contributed by atoms with van der Waals surface area (Å²) in [5.74, 6) is 1.91. The minimum Gasteiger partial charge on any atom is -0.396 e. The van der Waals surface area contributed by atoms with Crippen LogP contribution in [0.4, 0.5) is 11.4 Å². The van der Waals surface area contributed by atoms with E-state index in [0.29, 0.717) is 5.56 Å². The van der Waals surface area contributed by atoms with Gasteiger partial charge >= 0.3 is 0 Å². The van der Waals surface area contributed by atoms with Crippen molar-refractivity contribution in [3.8, 4) is 0 Å². The van der Waals surface area contributed by atoms with Crippen LogP contribution in [-0.4, -0.2) is 34.7 Å². The zero-order chi connectivity index (χ0) is 13.4. The number of rotatable bonds is 8. The molecular weight excluding hydrogens is 252 g/mol. The molecule has 6 heteroatoms. The van der Waals surface area contributed by atoms with Crippen LogP contribution in [0.5, 0.6) is 0 Å². The summed E-state index contributed by atoms with van der Waals surface area (Å²) in [4.78, 5) is 10.3. The molecule has 0 spiro atoms. The van der Waals surface area contributed by atoms with Gasteiger partial charge in [-0.05, 0) is 31.2 Å². The van der Waals surface area contributed by atoms with Gasteiger partial charge in [0, 0.05) is 36.2 Å². The fourth-order valence-electron chi connectivity index (χ4n) is 1.51. The zero-order valence-corrected chi connectivity index (χ0v) is 11.2. The molecule has 1 rings (SSSR count). The molecule has 1 aromatic rings. The van der Waals surface area contributed by atoms with E-state index in [0.717, 1.165) is 30.2 Å². The summed E-state index contributed by atoms with van der Waals surface area (Å²) in [5.41, 5.74) is 1.72. The van der Waals surface area contributed by atoms with Crippen LogP contribution in [0, 0.1) is 17.0 Å². The van der Waals surface area contributed by atoms with Gasteiger partial charge in [0.25, 0.3) is 5.69 Å². The number of aliphatic hydroxyl groups excluding tert-OH is 1. The van der Waals surface area contributed by atoms with Crippen LogP contribution in [-0.2, 0) is 0 Å². The summed E-state index contributed by atoms with van der Waals surface area (Å²) in [5, 5.41) is 22.5. The standard InChI is InChI=1S/C12H18N2O3S/c1-10-9-11(3-4-12(10)14(16)17)13-5-8-18-7-2-6-15/h3-4,9,13,15H,2,5-8H2,1H3. The lowest BCUT2D eigenvalue weighted by atomic mass is 10.2. The third-order valence-corrected chi connectivity index (χ3v) is 3.49. The largest absolute Gasteiger partial charge is 0.396 e. The summed E-state index contributed by atoms with van der Waals surface area (Å²) in [7, 11) is 0. The Labute approximate surface area is 111 Å². The van der Waals surface area contributed by atoms with Crippen molar-refractivity contribution >= 4 is 23.1 Å². The van der Waals surface area contributed by atoms with Crippen LogP contribution in [0.1, 0.15) is 12.0 Å². The lowest BCUT2D eigenvalue weighted by Gasteiger charge is -2.07. The second kappa shape index (κ2) is 7.94. The van der Waals surface area contributed by atoms with Gasteiger partial charge in [0.2, 0.25) is 0 Å². The van der Waals surface area contributed by atoms with Crippen molar-refractivity contribution in [2.45, 2.75) is 13.3 Å². The quantitative estimate of drug-likeness (QED) is 0.431. The van der Waals surface area contributed by atoms with Gasteiger partial charge in [-0.3, -0.25) is 10.1 Å². The van der Waals surface area contributed by atoms with Gasteiger partial charge in [0.1, 0.15) is 0 Å². The van der Waals surface area contributed by atoms with E-state index >= 15 is 0 Å². The smallest absolute Gasteiger partial charge is 0.272 e. The highest BCUT2D eigenvalue weighted by atomic mass is 32.2. The monoisotopic (exact) mass is 270 g/mol. The van der Waals surface area contributed by atoms with Gasteiger partial charge in [-0.15, -0.1) is 0 Å². The number of hydrogen-bond acceptors (Lipinski definition) is 5. The number of benzene rings is 1. The Morgan fingerprint density at radius 1 is 1.44 bits per heavy atom. The molecule has 0 aromatic heterocycles. The van der Waals surface area contributed by atoms with Gasteiger partial charge in [-0.25, -0.2) is 0 Å². The Hall–Kier alpha value is -1.27. The number of anilines is 1. The van der Waals surface area contributed by atoms with E-state index in [2.05, 4.69) is 5.32 Å². The molecule has 0 atom stereocenters. The molecule has 0 radical (unpaired) electrons. The number of nitrogens with zero attached hydrogens (tertiary/aromatic N) is 1. The second-order valence-corrected chi connectivity index (χ2v) is 5.10. The number of thioether (sulfide) groups is 1. The number of nitro groups is 1. The van der Waals surface area contributed by atoms with E-state index in [1.54, 1.807) is 30.8 Å². The predicted octanol–water partition coefficient (Wildman–Crippen LogP) is 2.43. The first-order valence-corrected chi connectivity index (χ1v) is 6.98. The maximum absolute atomic E-state index is 10.7. The van der Waals surface area contributed by atoms with Gasteiger partial charge in [-0.1, -0.05) is 0 Å². The van der Waals surface area contributed by atoms with Crippen molar-refractivity contribution in [1.29, 1.82) is 0 Å². The summed E-state index contributed by atoms with van der Waals surface area (Å²) in [6.45, 7) is 2.79. The van der Waals surface area contributed by atoms with Crippen LogP contribution in [0.15, 0.2) is 18.2 Å². The zero-order valence-electron chi connectivity index (χ0n) is 10.4. The molecule has 5 nitrogen and oxygen atoms in total. The normalized spacial score (nSPS) is 10.3. The fraction of sp³-hybridized carbons (Fsp3) is 0.500. The Morgan fingerprint density at radius 2 is 2.22 bits per heavy atom. The summed E-state index contributed by atoms with van der Waals surface area (Å²) in [6, 6.07) is 5.04. The van der Waals surface area contributed by atoms with E-state index in [4.69, 9.17) is 5.11 Å². The molecule has 0 aliphatic rings. The molecule has 18 heavy (non-hydrogen) atoms. The van der Waals surface area contributed by atoms with Gasteiger partial charge in [0.15, 0.2) is 0 Å². The molecule has 0 fully saturated rings. The lowest BCUT2D eigenvalue weighted by molar-refractivity contribution is -0.385. The Bertz CT molecular complexity index is 399. The number of hydrogen-bond donors (Lipinski definition) is 2. The van der Waals surface area contributed by atoms with E-state index in [9.17, 15) is 10.1 Å². The van der Waals surface area contributed by atoms with Crippen molar-refractivity contribution in [2.75, 3.05) is 30.0 Å². The highest BCUT2D eigenvalue weighted by Crippen LogP contribution is 2.21. The molecule has 0 saturated carbocycles. The molecule has 2 N–H and O–H groups in total. The molecule has 100 valence electrons. The van der Waals surface area contributed by atoms with E-state index in [1.165, 1.54) is 6.07 Å². The van der Waals surface area contributed by atoms with Crippen LogP contribution >= 0.6 is 11.8 Å². The van der Waals surface area contributed by atoms with E-state index < -0.39 is 0 Å². The third kappa shape index (κ3) is 4.93. The first-order valence-electron chi connectivity index (χ1n) is 5.82. The van der Waals surface area contributed by atoms with Gasteiger partial charge in [0.05, 0.1) is 4.92 Å². The predicted molar refractivity (Wildman–Crippen MR) is 75.4 cm³/mol. The maximum Gasteiger partial charge on any atom is 0.272 e. The highest BCUT2D eigenvalue weighted by molar-refractivity contribution is 7.99. The summed E-state index contributed by atoms with van der Waals surface area (Å²) < 4.78 is 0. The Morgan fingerprint density at radius 3 is 2.83 bits per heavy atom. The molecule has 1 aromatic carbocycles. The van der Waals surface area contributed by atoms with E-state index in [-0.39, 0.29) is 17.2 Å². The first kappa shape index (κ1) is 14.8. The number of nitro benzene ring substituents is 1. The molecule has 0 aliphatic carbocycles. The maximum atomic E-state index is 10.7. The Kier molecular flexibility index (Phi) is 6.53. The lowest BCUT2D eigenvalue weighted by Crippen LogP contribution is -2.05. The molecule has 0 unspecified atom stereocenters. The minimum atomic E-state index is -0.371. The SMILES string of the molecule is Cc1cc(NCCSCCCO)ccc1[N+](=O)[O-]. The summed E-state index contributed by atoms with van der Waals surface area (Å²) in [6.07, 6.45) is 0.821. The fourth-order valence-corrected chi connectivity index (χ4v) is 2.29. The van der Waals surface area contributed by atoms with Crippen LogP contribution < -0.4 is 5.32 Å². The van der Waals surface area contributed by atoms with Crippen LogP contribution in [0.25, 0.3) is 0 Å². The molecule has 0 amide bonds. The van der Waals surface area contributed by atoms with Crippen molar-refractivity contribution in [3.05, 3.63) is 33.9 Å². The average Bonchev–Trinajstić information content (AvgIpc) is 2.33. The first-order chi connectivity index (χ1) is 8.65. The van der Waals surface area contributed by atoms with Gasteiger partial charge < -0.3 is 10.4 Å². The Balaban J connectivity index is 2.35. The minimum absolute atomic E-state index is 0.151. The topological polar surface area (TPSA) is 75.4 Å². The summed E-state index contributed by atoms with van der Waals surface area (Å²) >= 11 is 1.78. The number of aryl methyl sites for hydroxylation is 1. The van der Waals surface area contributed by atoms with Crippen LogP contribution in [0.3, 0.4) is 0 Å². The second-order valence-electron chi connectivity index (χ2n) is 3.87. The molecule has 0 aliphatic heterocycles. The average molecular weight is 270 g/mol. The number of aliphatic hydroxyl groups is 1. The highest BCUT2D eigenvalue weighted by Gasteiger charge is 2.09.